The van der Waals surface area contributed by atoms with Crippen molar-refractivity contribution >= 4 is 0 Å². The molecule has 33 heavy (non-hydrogen) atoms. The summed E-state index contributed by atoms with van der Waals surface area (Å²) in [5, 5.41) is 0. The molecule has 1 aliphatic carbocycles. The molecule has 0 saturated carbocycles. The van der Waals surface area contributed by atoms with Crippen molar-refractivity contribution in [2.75, 3.05) is 7.05 Å². The number of allylic oxidation sites excluding steroid dienone is 3. The standard InChI is InChI=1S/C31H36NO/c1-20-6-8-22(9-7-20)23-10-11-25-27-17-26-24(16-30(27)33-29(25)15-23)19-32(5)13-12-21(14-28(26)32)18-31(2,3)4/h6-14,16-17,23,25,28-29H,15,18-19H2,1-5H3/q+1. The highest BCUT2D eigenvalue weighted by Gasteiger charge is 2.45. The first-order chi connectivity index (χ1) is 15.7. The van der Waals surface area contributed by atoms with Gasteiger partial charge in [0.25, 0.3) is 0 Å². The van der Waals surface area contributed by atoms with Crippen LogP contribution < -0.4 is 4.74 Å². The average Bonchev–Trinajstić information content (AvgIpc) is 3.24. The summed E-state index contributed by atoms with van der Waals surface area (Å²) in [5.41, 5.74) is 8.85. The van der Waals surface area contributed by atoms with Gasteiger partial charge in [-0.15, -0.1) is 0 Å². The molecule has 170 valence electrons. The molecule has 0 spiro atoms. The molecule has 2 heteroatoms. The van der Waals surface area contributed by atoms with Crippen LogP contribution >= 0.6 is 0 Å². The number of quaternary nitrogens is 1. The van der Waals surface area contributed by atoms with Crippen LogP contribution in [0.15, 0.2) is 72.5 Å². The molecule has 5 unspecified atom stereocenters. The molecule has 6 rings (SSSR count). The van der Waals surface area contributed by atoms with Crippen LogP contribution in [-0.2, 0) is 6.54 Å². The van der Waals surface area contributed by atoms with Gasteiger partial charge in [0.1, 0.15) is 24.4 Å². The monoisotopic (exact) mass is 438 g/mol. The number of ether oxygens (including phenoxy) is 1. The average molecular weight is 439 g/mol. The molecule has 0 radical (unpaired) electrons. The zero-order valence-electron chi connectivity index (χ0n) is 20.6. The fourth-order valence-electron chi connectivity index (χ4n) is 6.38. The Bertz CT molecular complexity index is 1190. The normalized spacial score (nSPS) is 31.4. The van der Waals surface area contributed by atoms with Gasteiger partial charge in [0.05, 0.1) is 13.2 Å². The maximum Gasteiger partial charge on any atom is 0.139 e. The Hall–Kier alpha value is -2.58. The molecule has 2 aromatic carbocycles. The molecule has 0 saturated heterocycles. The highest BCUT2D eigenvalue weighted by molar-refractivity contribution is 5.53. The maximum absolute atomic E-state index is 6.59. The summed E-state index contributed by atoms with van der Waals surface area (Å²) >= 11 is 0. The second-order valence-corrected chi connectivity index (χ2v) is 12.2. The van der Waals surface area contributed by atoms with Gasteiger partial charge < -0.3 is 4.74 Å². The minimum absolute atomic E-state index is 0.248. The van der Waals surface area contributed by atoms with Gasteiger partial charge in [-0.2, -0.15) is 0 Å². The highest BCUT2D eigenvalue weighted by atomic mass is 16.5. The first kappa shape index (κ1) is 21.0. The van der Waals surface area contributed by atoms with Gasteiger partial charge in [-0.3, -0.25) is 4.48 Å². The molecule has 3 heterocycles. The molecule has 4 aliphatic rings. The number of likely N-dealkylation sites (N-methyl/N-ethyl adjacent to an activating group) is 1. The number of hydrogen-bond acceptors (Lipinski definition) is 1. The number of fused-ring (bicyclic) bond motifs is 6. The Morgan fingerprint density at radius 2 is 1.82 bits per heavy atom. The second kappa shape index (κ2) is 7.21. The number of hydrogen-bond donors (Lipinski definition) is 0. The third kappa shape index (κ3) is 3.60. The van der Waals surface area contributed by atoms with Crippen molar-refractivity contribution in [3.63, 3.8) is 0 Å². The van der Waals surface area contributed by atoms with Crippen LogP contribution in [0.2, 0.25) is 0 Å². The Balaban J connectivity index is 1.31. The van der Waals surface area contributed by atoms with Crippen LogP contribution in [0.25, 0.3) is 0 Å². The summed E-state index contributed by atoms with van der Waals surface area (Å²) < 4.78 is 7.54. The lowest BCUT2D eigenvalue weighted by atomic mass is 9.80. The Morgan fingerprint density at radius 3 is 2.58 bits per heavy atom. The SMILES string of the molecule is Cc1ccc(C2C=CC3c4cc5c(cc4OC3C2)C[N+]2(C)C=CC(CC(C)(C)C)=CC52)cc1. The van der Waals surface area contributed by atoms with Crippen LogP contribution in [0.3, 0.4) is 0 Å². The minimum Gasteiger partial charge on any atom is -0.489 e. The van der Waals surface area contributed by atoms with Crippen molar-refractivity contribution in [3.8, 4) is 5.75 Å². The summed E-state index contributed by atoms with van der Waals surface area (Å²) in [6.45, 7) is 10.2. The van der Waals surface area contributed by atoms with Crippen LogP contribution in [0, 0.1) is 12.3 Å². The summed E-state index contributed by atoms with van der Waals surface area (Å²) in [7, 11) is 2.37. The van der Waals surface area contributed by atoms with Gasteiger partial charge >= 0.3 is 0 Å². The van der Waals surface area contributed by atoms with Gasteiger partial charge in [-0.05, 0) is 60.6 Å². The van der Waals surface area contributed by atoms with E-state index in [2.05, 4.69) is 102 Å². The van der Waals surface area contributed by atoms with Crippen molar-refractivity contribution in [2.45, 2.75) is 71.1 Å². The largest absolute Gasteiger partial charge is 0.489 e. The maximum atomic E-state index is 6.59. The minimum atomic E-state index is 0.248. The molecular weight excluding hydrogens is 402 g/mol. The van der Waals surface area contributed by atoms with Crippen molar-refractivity contribution in [3.05, 3.63) is 100 Å². The number of rotatable bonds is 2. The molecule has 0 bridgehead atoms. The summed E-state index contributed by atoms with van der Waals surface area (Å²) in [4.78, 5) is 0. The zero-order valence-corrected chi connectivity index (χ0v) is 20.6. The molecule has 0 amide bonds. The lowest BCUT2D eigenvalue weighted by Gasteiger charge is -2.34. The topological polar surface area (TPSA) is 9.23 Å². The van der Waals surface area contributed by atoms with Crippen LogP contribution in [0.1, 0.15) is 79.3 Å². The number of benzene rings is 2. The van der Waals surface area contributed by atoms with Gasteiger partial charge in [0.15, 0.2) is 0 Å². The Kier molecular flexibility index (Phi) is 4.58. The molecule has 0 N–H and O–H groups in total. The molecule has 0 fully saturated rings. The predicted molar refractivity (Wildman–Crippen MR) is 135 cm³/mol. The summed E-state index contributed by atoms with van der Waals surface area (Å²) in [6.07, 6.45) is 14.6. The summed E-state index contributed by atoms with van der Waals surface area (Å²) in [5.74, 6) is 1.94. The zero-order chi connectivity index (χ0) is 23.0. The molecule has 5 atom stereocenters. The van der Waals surface area contributed by atoms with E-state index in [9.17, 15) is 0 Å². The van der Waals surface area contributed by atoms with Gasteiger partial charge in [0.2, 0.25) is 0 Å². The Labute approximate surface area is 198 Å². The smallest absolute Gasteiger partial charge is 0.139 e. The molecule has 0 aromatic heterocycles. The van der Waals surface area contributed by atoms with Crippen LogP contribution in [0.5, 0.6) is 5.75 Å². The van der Waals surface area contributed by atoms with Crippen molar-refractivity contribution < 1.29 is 9.22 Å². The van der Waals surface area contributed by atoms with Crippen molar-refractivity contribution in [1.82, 2.24) is 0 Å². The van der Waals surface area contributed by atoms with E-state index in [0.717, 1.165) is 29.6 Å². The van der Waals surface area contributed by atoms with E-state index >= 15 is 0 Å². The van der Waals surface area contributed by atoms with Crippen molar-refractivity contribution in [1.29, 1.82) is 0 Å². The third-order valence-electron chi connectivity index (χ3n) is 8.05. The predicted octanol–water partition coefficient (Wildman–Crippen LogP) is 7.47. The van der Waals surface area contributed by atoms with E-state index in [1.165, 1.54) is 33.4 Å². The lowest BCUT2D eigenvalue weighted by Crippen LogP contribution is -2.37. The van der Waals surface area contributed by atoms with Crippen LogP contribution in [-0.4, -0.2) is 17.6 Å². The van der Waals surface area contributed by atoms with Crippen LogP contribution in [0.4, 0.5) is 0 Å². The van der Waals surface area contributed by atoms with E-state index in [1.54, 1.807) is 0 Å². The highest BCUT2D eigenvalue weighted by Crippen LogP contribution is 2.52. The molecular formula is C31H36NO+. The van der Waals surface area contributed by atoms with E-state index in [0.29, 0.717) is 23.3 Å². The van der Waals surface area contributed by atoms with E-state index in [4.69, 9.17) is 4.74 Å². The first-order valence-corrected chi connectivity index (χ1v) is 12.5. The van der Waals surface area contributed by atoms with E-state index < -0.39 is 0 Å². The third-order valence-corrected chi connectivity index (χ3v) is 8.05. The molecule has 3 aliphatic heterocycles. The van der Waals surface area contributed by atoms with Gasteiger partial charge in [-0.25, -0.2) is 0 Å². The van der Waals surface area contributed by atoms with E-state index in [-0.39, 0.29) is 6.10 Å². The molecule has 2 aromatic rings. The lowest BCUT2D eigenvalue weighted by molar-refractivity contribution is -0.891. The second-order valence-electron chi connectivity index (χ2n) is 12.2. The fraction of sp³-hybridized carbons (Fsp3) is 0.419. The van der Waals surface area contributed by atoms with Gasteiger partial charge in [0, 0.05) is 28.5 Å². The molecule has 2 nitrogen and oxygen atoms in total. The number of nitrogens with zero attached hydrogens (tertiary/aromatic N) is 1. The Morgan fingerprint density at radius 1 is 1.03 bits per heavy atom. The van der Waals surface area contributed by atoms with E-state index in [1.807, 2.05) is 0 Å². The van der Waals surface area contributed by atoms with Gasteiger partial charge in [-0.1, -0.05) is 62.8 Å². The fourth-order valence-corrected chi connectivity index (χ4v) is 6.38. The first-order valence-electron chi connectivity index (χ1n) is 12.5. The quantitative estimate of drug-likeness (QED) is 0.349. The van der Waals surface area contributed by atoms with Crippen molar-refractivity contribution in [2.24, 2.45) is 5.41 Å². The summed E-state index contributed by atoms with van der Waals surface area (Å²) in [6, 6.07) is 14.3. The number of aryl methyl sites for hydroxylation is 1.